The quantitative estimate of drug-likeness (QED) is 0.447. The van der Waals surface area contributed by atoms with E-state index in [2.05, 4.69) is 0 Å². The van der Waals surface area contributed by atoms with Crippen molar-refractivity contribution >= 4 is 21.9 Å². The van der Waals surface area contributed by atoms with Crippen molar-refractivity contribution in [3.8, 4) is 0 Å². The van der Waals surface area contributed by atoms with Gasteiger partial charge in [-0.05, 0) is 25.1 Å². The third-order valence-corrected chi connectivity index (χ3v) is 3.61. The normalized spacial score (nSPS) is 11.8. The Morgan fingerprint density at radius 1 is 0.947 bits per heavy atom. The zero-order valence-corrected chi connectivity index (χ0v) is 10.3. The molecule has 4 rings (SSSR count). The summed E-state index contributed by atoms with van der Waals surface area (Å²) in [6, 6.07) is 10.5. The first-order valence-electron chi connectivity index (χ1n) is 6.06. The molecule has 3 aromatic heterocycles. The molecule has 0 amide bonds. The van der Waals surface area contributed by atoms with Crippen LogP contribution in [0.2, 0.25) is 0 Å². The highest BCUT2D eigenvalue weighted by Crippen LogP contribution is 2.20. The highest BCUT2D eigenvalue weighted by atomic mass is 16.1. The number of para-hydroxylation sites is 1. The number of pyridine rings is 2. The van der Waals surface area contributed by atoms with Crippen molar-refractivity contribution in [1.29, 1.82) is 0 Å². The van der Waals surface area contributed by atoms with Crippen LogP contribution in [0.5, 0.6) is 0 Å². The Balaban J connectivity index is 2.56. The maximum Gasteiger partial charge on any atom is 0.256 e. The minimum Gasteiger partial charge on any atom is -0.297 e. The molecule has 0 unspecified atom stereocenters. The number of imidazole rings is 1. The molecule has 0 saturated carbocycles. The van der Waals surface area contributed by atoms with Crippen molar-refractivity contribution in [2.45, 2.75) is 6.92 Å². The highest BCUT2D eigenvalue weighted by molar-refractivity contribution is 5.92. The molecule has 92 valence electrons. The lowest BCUT2D eigenvalue weighted by atomic mass is 10.1. The van der Waals surface area contributed by atoms with Crippen LogP contribution in [-0.2, 0) is 0 Å². The van der Waals surface area contributed by atoms with Gasteiger partial charge in [0.1, 0.15) is 5.65 Å². The van der Waals surface area contributed by atoms with Gasteiger partial charge in [-0.3, -0.25) is 18.4 Å². The van der Waals surface area contributed by atoms with Crippen LogP contribution in [0.4, 0.5) is 0 Å². The van der Waals surface area contributed by atoms with E-state index >= 15 is 0 Å². The topological polar surface area (TPSA) is 43.0 Å². The van der Waals surface area contributed by atoms with Crippen LogP contribution in [0.1, 0.15) is 5.69 Å². The highest BCUT2D eigenvalue weighted by Gasteiger charge is 2.14. The van der Waals surface area contributed by atoms with E-state index < -0.39 is 0 Å². The number of aryl methyl sites for hydroxylation is 1. The van der Waals surface area contributed by atoms with Gasteiger partial charge in [0.15, 0.2) is 5.43 Å². The minimum atomic E-state index is -0.118. The Bertz CT molecular complexity index is 1060. The molecule has 19 heavy (non-hydrogen) atoms. The molecule has 0 spiro atoms. The number of nitrogens with zero attached hydrogens (tertiary/aromatic N) is 2. The van der Waals surface area contributed by atoms with Crippen molar-refractivity contribution in [2.24, 2.45) is 0 Å². The van der Waals surface area contributed by atoms with Crippen molar-refractivity contribution in [3.63, 3.8) is 0 Å². The van der Waals surface area contributed by atoms with Crippen molar-refractivity contribution in [1.82, 2.24) is 8.80 Å². The summed E-state index contributed by atoms with van der Waals surface area (Å²) in [6.07, 6.45) is 1.77. The molecular weight excluding hydrogens is 240 g/mol. The van der Waals surface area contributed by atoms with E-state index in [1.807, 2.05) is 35.6 Å². The lowest BCUT2D eigenvalue weighted by Crippen LogP contribution is -2.15. The number of fused-ring (bicyclic) bond motifs is 2. The molecule has 3 heterocycles. The monoisotopic (exact) mass is 250 g/mol. The molecular formula is C15H10N2O2. The van der Waals surface area contributed by atoms with Crippen LogP contribution in [0.25, 0.3) is 21.9 Å². The fourth-order valence-electron chi connectivity index (χ4n) is 2.80. The van der Waals surface area contributed by atoms with Crippen LogP contribution in [0, 0.1) is 6.92 Å². The van der Waals surface area contributed by atoms with Crippen LogP contribution in [0.15, 0.2) is 52.2 Å². The lowest BCUT2D eigenvalue weighted by Gasteiger charge is -2.06. The molecule has 4 nitrogen and oxygen atoms in total. The van der Waals surface area contributed by atoms with Crippen LogP contribution >= 0.6 is 0 Å². The predicted octanol–water partition coefficient (Wildman–Crippen LogP) is 1.81. The van der Waals surface area contributed by atoms with Gasteiger partial charge in [-0.25, -0.2) is 0 Å². The molecule has 0 saturated heterocycles. The summed E-state index contributed by atoms with van der Waals surface area (Å²) in [5, 5.41) is 1.25. The zero-order valence-electron chi connectivity index (χ0n) is 10.3. The largest absolute Gasteiger partial charge is 0.297 e. The molecule has 0 aliphatic carbocycles. The predicted molar refractivity (Wildman–Crippen MR) is 74.3 cm³/mol. The Morgan fingerprint density at radius 2 is 1.74 bits per heavy atom. The lowest BCUT2D eigenvalue weighted by molar-refractivity contribution is 1.11. The average molecular weight is 250 g/mol. The summed E-state index contributed by atoms with van der Waals surface area (Å²) < 4.78 is 3.51. The van der Waals surface area contributed by atoms with Crippen LogP contribution in [0.3, 0.4) is 0 Å². The van der Waals surface area contributed by atoms with E-state index in [0.717, 1.165) is 11.2 Å². The SMILES string of the molecule is Cc1cn2c(=O)ccc3c(=O)c4ccccc4n1c32. The van der Waals surface area contributed by atoms with Crippen molar-refractivity contribution < 1.29 is 0 Å². The fourth-order valence-corrected chi connectivity index (χ4v) is 2.80. The number of hydrogen-bond acceptors (Lipinski definition) is 2. The van der Waals surface area contributed by atoms with Gasteiger partial charge in [0.2, 0.25) is 0 Å². The second-order valence-electron chi connectivity index (χ2n) is 4.73. The number of hydrogen-bond donors (Lipinski definition) is 0. The van der Waals surface area contributed by atoms with Crippen molar-refractivity contribution in [3.05, 3.63) is 68.9 Å². The summed E-state index contributed by atoms with van der Waals surface area (Å²) in [5.74, 6) is 0. The van der Waals surface area contributed by atoms with Gasteiger partial charge in [0, 0.05) is 23.3 Å². The van der Waals surface area contributed by atoms with Crippen LogP contribution in [-0.4, -0.2) is 8.80 Å². The third-order valence-electron chi connectivity index (χ3n) is 3.61. The Kier molecular flexibility index (Phi) is 1.75. The van der Waals surface area contributed by atoms with Crippen molar-refractivity contribution in [2.75, 3.05) is 0 Å². The molecule has 0 atom stereocenters. The standard InChI is InChI=1S/C15H10N2O2/c1-9-8-16-13(18)7-6-11-14(19)10-4-2-3-5-12(10)17(9)15(11)16/h2-8H,1H3. The van der Waals surface area contributed by atoms with Gasteiger partial charge in [0.25, 0.3) is 5.56 Å². The summed E-state index contributed by atoms with van der Waals surface area (Å²) in [4.78, 5) is 24.4. The van der Waals surface area contributed by atoms with Gasteiger partial charge in [-0.2, -0.15) is 0 Å². The van der Waals surface area contributed by atoms with E-state index in [1.54, 1.807) is 16.7 Å². The van der Waals surface area contributed by atoms with Gasteiger partial charge >= 0.3 is 0 Å². The number of benzene rings is 1. The van der Waals surface area contributed by atoms with E-state index in [9.17, 15) is 9.59 Å². The Hall–Kier alpha value is -2.62. The molecule has 4 heteroatoms. The van der Waals surface area contributed by atoms with Gasteiger partial charge in [-0.15, -0.1) is 0 Å². The molecule has 0 N–H and O–H groups in total. The second kappa shape index (κ2) is 3.23. The molecule has 1 aromatic carbocycles. The molecule has 0 fully saturated rings. The first-order chi connectivity index (χ1) is 9.18. The fraction of sp³-hybridized carbons (Fsp3) is 0.0667. The molecule has 0 aliphatic heterocycles. The Labute approximate surface area is 107 Å². The zero-order chi connectivity index (χ0) is 13.1. The maximum atomic E-state index is 12.5. The summed E-state index contributed by atoms with van der Waals surface area (Å²) in [5.41, 5.74) is 2.29. The molecule has 0 bridgehead atoms. The summed E-state index contributed by atoms with van der Waals surface area (Å²) >= 11 is 0. The maximum absolute atomic E-state index is 12.5. The van der Waals surface area contributed by atoms with E-state index in [4.69, 9.17) is 0 Å². The molecule has 0 radical (unpaired) electrons. The van der Waals surface area contributed by atoms with Gasteiger partial charge < -0.3 is 0 Å². The number of rotatable bonds is 0. The smallest absolute Gasteiger partial charge is 0.256 e. The van der Waals surface area contributed by atoms with Gasteiger partial charge in [0.05, 0.1) is 10.9 Å². The third kappa shape index (κ3) is 1.13. The number of aromatic nitrogens is 2. The molecule has 4 aromatic rings. The van der Waals surface area contributed by atoms with Crippen LogP contribution < -0.4 is 11.0 Å². The first-order valence-corrected chi connectivity index (χ1v) is 6.06. The van der Waals surface area contributed by atoms with E-state index in [1.165, 1.54) is 6.07 Å². The first kappa shape index (κ1) is 10.3. The summed E-state index contributed by atoms with van der Waals surface area (Å²) in [6.45, 7) is 1.93. The second-order valence-corrected chi connectivity index (χ2v) is 4.73. The summed E-state index contributed by atoms with van der Waals surface area (Å²) in [7, 11) is 0. The molecule has 0 aliphatic rings. The van der Waals surface area contributed by atoms with E-state index in [0.29, 0.717) is 16.4 Å². The van der Waals surface area contributed by atoms with Gasteiger partial charge in [-0.1, -0.05) is 12.1 Å². The minimum absolute atomic E-state index is 0.0290. The average Bonchev–Trinajstić information content (AvgIpc) is 2.77. The Morgan fingerprint density at radius 3 is 2.58 bits per heavy atom. The van der Waals surface area contributed by atoms with E-state index in [-0.39, 0.29) is 11.0 Å².